The second-order valence-electron chi connectivity index (χ2n) is 6.08. The van der Waals surface area contributed by atoms with Gasteiger partial charge in [0.05, 0.1) is 18.9 Å². The fourth-order valence-corrected chi connectivity index (χ4v) is 3.57. The number of imidazole rings is 1. The Labute approximate surface area is 163 Å². The van der Waals surface area contributed by atoms with Crippen LogP contribution in [0.1, 0.15) is 12.5 Å². The quantitative estimate of drug-likeness (QED) is 0.453. The molecule has 0 atom stereocenters. The first kappa shape index (κ1) is 19.9. The van der Waals surface area contributed by atoms with E-state index in [9.17, 15) is 18.8 Å². The zero-order chi connectivity index (χ0) is 20.4. The summed E-state index contributed by atoms with van der Waals surface area (Å²) in [6.45, 7) is 2.21. The van der Waals surface area contributed by atoms with E-state index in [0.717, 1.165) is 21.9 Å². The number of aryl methyl sites for hydroxylation is 1. The molecule has 0 saturated carbocycles. The number of rotatable bonds is 6. The minimum absolute atomic E-state index is 0.00877. The van der Waals surface area contributed by atoms with Gasteiger partial charge in [-0.1, -0.05) is 23.9 Å². The Kier molecular flexibility index (Phi) is 5.68. The molecule has 0 bridgehead atoms. The number of carbonyl (C=O) groups is 1. The van der Waals surface area contributed by atoms with Crippen molar-refractivity contribution in [1.29, 1.82) is 0 Å². The van der Waals surface area contributed by atoms with Gasteiger partial charge in [-0.2, -0.15) is 0 Å². The van der Waals surface area contributed by atoms with Gasteiger partial charge >= 0.3 is 11.7 Å². The lowest BCUT2D eigenvalue weighted by molar-refractivity contribution is -0.139. The number of ether oxygens (including phenoxy) is 1. The van der Waals surface area contributed by atoms with Crippen molar-refractivity contribution in [2.45, 2.75) is 18.6 Å². The molecule has 0 saturated heterocycles. The zero-order valence-corrected chi connectivity index (χ0v) is 16.5. The highest BCUT2D eigenvalue weighted by atomic mass is 32.2. The lowest BCUT2D eigenvalue weighted by Crippen LogP contribution is -2.37. The first-order chi connectivity index (χ1) is 13.3. The van der Waals surface area contributed by atoms with Gasteiger partial charge in [-0.05, 0) is 24.6 Å². The molecule has 148 valence electrons. The van der Waals surface area contributed by atoms with Gasteiger partial charge < -0.3 is 9.30 Å². The van der Waals surface area contributed by atoms with Crippen LogP contribution in [0.15, 0.2) is 39.0 Å². The number of fused-ring (bicyclic) bond motifs is 1. The van der Waals surface area contributed by atoms with E-state index in [1.807, 2.05) is 0 Å². The smallest absolute Gasteiger partial charge is 0.332 e. The van der Waals surface area contributed by atoms with Gasteiger partial charge in [-0.3, -0.25) is 18.7 Å². The van der Waals surface area contributed by atoms with Crippen LogP contribution in [0.25, 0.3) is 11.2 Å². The van der Waals surface area contributed by atoms with E-state index in [1.165, 1.54) is 30.8 Å². The Hall–Kier alpha value is -2.88. The molecule has 0 unspecified atom stereocenters. The summed E-state index contributed by atoms with van der Waals surface area (Å²) >= 11 is 1.11. The topological polar surface area (TPSA) is 88.1 Å². The number of carbonyl (C=O) groups excluding carboxylic acids is 1. The van der Waals surface area contributed by atoms with E-state index in [-0.39, 0.29) is 35.9 Å². The van der Waals surface area contributed by atoms with Crippen molar-refractivity contribution in [3.05, 3.63) is 56.5 Å². The fraction of sp³-hybridized carbons (Fsp3) is 0.333. The van der Waals surface area contributed by atoms with Crippen molar-refractivity contribution >= 4 is 28.9 Å². The van der Waals surface area contributed by atoms with Crippen LogP contribution in [0.2, 0.25) is 0 Å². The molecule has 2 aromatic heterocycles. The molecule has 0 spiro atoms. The van der Waals surface area contributed by atoms with Crippen molar-refractivity contribution in [3.63, 3.8) is 0 Å². The summed E-state index contributed by atoms with van der Waals surface area (Å²) in [6, 6.07) is 5.86. The number of esters is 1. The van der Waals surface area contributed by atoms with E-state index in [2.05, 4.69) is 4.98 Å². The minimum atomic E-state index is -0.495. The highest BCUT2D eigenvalue weighted by Gasteiger charge is 2.20. The van der Waals surface area contributed by atoms with Gasteiger partial charge in [0.1, 0.15) is 5.82 Å². The maximum absolute atomic E-state index is 13.2. The van der Waals surface area contributed by atoms with Crippen molar-refractivity contribution in [3.8, 4) is 0 Å². The third-order valence-electron chi connectivity index (χ3n) is 4.19. The minimum Gasteiger partial charge on any atom is -0.465 e. The first-order valence-corrected chi connectivity index (χ1v) is 9.51. The Morgan fingerprint density at radius 2 is 1.86 bits per heavy atom. The maximum atomic E-state index is 13.2. The van der Waals surface area contributed by atoms with Gasteiger partial charge in [-0.15, -0.1) is 0 Å². The maximum Gasteiger partial charge on any atom is 0.332 e. The molecule has 3 aromatic rings. The molecule has 0 radical (unpaired) electrons. The van der Waals surface area contributed by atoms with Gasteiger partial charge in [0.15, 0.2) is 16.3 Å². The molecule has 0 aliphatic heterocycles. The van der Waals surface area contributed by atoms with E-state index < -0.39 is 17.2 Å². The summed E-state index contributed by atoms with van der Waals surface area (Å²) < 4.78 is 22.1. The van der Waals surface area contributed by atoms with Crippen LogP contribution in [0.5, 0.6) is 0 Å². The van der Waals surface area contributed by atoms with E-state index in [4.69, 9.17) is 4.74 Å². The molecule has 0 amide bonds. The molecule has 10 heteroatoms. The largest absolute Gasteiger partial charge is 0.465 e. The molecule has 28 heavy (non-hydrogen) atoms. The molecular weight excluding hydrogens is 387 g/mol. The molecule has 1 aromatic carbocycles. The summed E-state index contributed by atoms with van der Waals surface area (Å²) in [4.78, 5) is 41.1. The van der Waals surface area contributed by atoms with Crippen molar-refractivity contribution in [1.82, 2.24) is 18.7 Å². The SMILES string of the molecule is CCOC(=O)CSc1nc2c(c(=O)n(C)c(=O)n2C)n1Cc1ccc(F)cc1. The third-order valence-corrected chi connectivity index (χ3v) is 5.14. The number of hydrogen-bond acceptors (Lipinski definition) is 6. The highest BCUT2D eigenvalue weighted by Crippen LogP contribution is 2.23. The highest BCUT2D eigenvalue weighted by molar-refractivity contribution is 7.99. The average molecular weight is 406 g/mol. The normalized spacial score (nSPS) is 11.1. The van der Waals surface area contributed by atoms with Crippen molar-refractivity contribution in [2.75, 3.05) is 12.4 Å². The van der Waals surface area contributed by atoms with Crippen LogP contribution >= 0.6 is 11.8 Å². The molecule has 0 aliphatic carbocycles. The molecule has 3 rings (SSSR count). The first-order valence-electron chi connectivity index (χ1n) is 8.52. The molecule has 2 heterocycles. The van der Waals surface area contributed by atoms with Crippen LogP contribution in [-0.2, 0) is 30.2 Å². The fourth-order valence-electron chi connectivity index (χ4n) is 2.78. The molecular formula is C18H19FN4O4S. The second-order valence-corrected chi connectivity index (χ2v) is 7.02. The Morgan fingerprint density at radius 1 is 1.18 bits per heavy atom. The van der Waals surface area contributed by atoms with Crippen molar-refractivity contribution in [2.24, 2.45) is 14.1 Å². The number of halogens is 1. The lowest BCUT2D eigenvalue weighted by Gasteiger charge is -2.09. The number of aromatic nitrogens is 4. The van der Waals surface area contributed by atoms with Crippen LogP contribution in [0.4, 0.5) is 4.39 Å². The van der Waals surface area contributed by atoms with Gasteiger partial charge in [0, 0.05) is 14.1 Å². The van der Waals surface area contributed by atoms with Crippen LogP contribution in [-0.4, -0.2) is 37.0 Å². The van der Waals surface area contributed by atoms with Crippen LogP contribution in [0.3, 0.4) is 0 Å². The van der Waals surface area contributed by atoms with Crippen LogP contribution in [0, 0.1) is 5.82 Å². The number of hydrogen-bond donors (Lipinski definition) is 0. The second kappa shape index (κ2) is 8.01. The molecule has 0 N–H and O–H groups in total. The Balaban J connectivity index is 2.14. The Bertz CT molecular complexity index is 1150. The predicted molar refractivity (Wildman–Crippen MR) is 103 cm³/mol. The number of benzene rings is 1. The third kappa shape index (κ3) is 3.72. The van der Waals surface area contributed by atoms with Gasteiger partial charge in [-0.25, -0.2) is 14.2 Å². The molecule has 0 fully saturated rings. The summed E-state index contributed by atoms with van der Waals surface area (Å²) in [6.07, 6.45) is 0. The van der Waals surface area contributed by atoms with E-state index in [1.54, 1.807) is 23.6 Å². The van der Waals surface area contributed by atoms with E-state index in [0.29, 0.717) is 5.16 Å². The monoisotopic (exact) mass is 406 g/mol. The summed E-state index contributed by atoms with van der Waals surface area (Å²) in [5.74, 6) is -0.765. The lowest BCUT2D eigenvalue weighted by atomic mass is 10.2. The van der Waals surface area contributed by atoms with Gasteiger partial charge in [0.2, 0.25) is 0 Å². The predicted octanol–water partition coefficient (Wildman–Crippen LogP) is 1.28. The van der Waals surface area contributed by atoms with Crippen LogP contribution < -0.4 is 11.2 Å². The summed E-state index contributed by atoms with van der Waals surface area (Å²) in [5.41, 5.74) is 0.220. The zero-order valence-electron chi connectivity index (χ0n) is 15.6. The summed E-state index contributed by atoms with van der Waals surface area (Å²) in [7, 11) is 2.92. The Morgan fingerprint density at radius 3 is 2.50 bits per heavy atom. The molecule has 8 nitrogen and oxygen atoms in total. The standard InChI is InChI=1S/C18H19FN4O4S/c1-4-27-13(24)10-28-17-20-15-14(16(25)22(3)18(26)21(15)2)23(17)9-11-5-7-12(19)8-6-11/h5-8H,4,9-10H2,1-3H3. The average Bonchev–Trinajstić information content (AvgIpc) is 3.03. The number of thioether (sulfide) groups is 1. The van der Waals surface area contributed by atoms with Gasteiger partial charge in [0.25, 0.3) is 5.56 Å². The van der Waals surface area contributed by atoms with E-state index >= 15 is 0 Å². The summed E-state index contributed by atoms with van der Waals surface area (Å²) in [5, 5.41) is 0.394. The van der Waals surface area contributed by atoms with Crippen molar-refractivity contribution < 1.29 is 13.9 Å². The molecule has 0 aliphatic rings. The number of nitrogens with zero attached hydrogens (tertiary/aromatic N) is 4.